The van der Waals surface area contributed by atoms with Gasteiger partial charge in [0.25, 0.3) is 10.0 Å². The Morgan fingerprint density at radius 2 is 1.70 bits per heavy atom. The number of aryl methyl sites for hydroxylation is 1. The molecule has 0 bridgehead atoms. The molecule has 0 N–H and O–H groups in total. The Hall–Kier alpha value is -2.59. The highest BCUT2D eigenvalue weighted by molar-refractivity contribution is 7.89. The van der Waals surface area contributed by atoms with Crippen molar-refractivity contribution in [1.82, 2.24) is 4.31 Å². The minimum Gasteiger partial charge on any atom is -0.265 e. The van der Waals surface area contributed by atoms with Crippen molar-refractivity contribution in [1.29, 1.82) is 0 Å². The first kappa shape index (κ1) is 19.2. The van der Waals surface area contributed by atoms with Gasteiger partial charge in [-0.25, -0.2) is 8.42 Å². The van der Waals surface area contributed by atoms with Gasteiger partial charge in [0.2, 0.25) is 0 Å². The first-order valence-corrected chi connectivity index (χ1v) is 10.5. The van der Waals surface area contributed by atoms with Crippen LogP contribution < -0.4 is 0 Å². The van der Waals surface area contributed by atoms with Gasteiger partial charge >= 0.3 is 0 Å². The summed E-state index contributed by atoms with van der Waals surface area (Å²) in [6, 6.07) is 16.7. The molecular formula is C23H25NO2S. The Morgan fingerprint density at radius 3 is 2.33 bits per heavy atom. The van der Waals surface area contributed by atoms with Crippen molar-refractivity contribution in [2.75, 3.05) is 6.54 Å². The molecule has 2 aromatic carbocycles. The van der Waals surface area contributed by atoms with Crippen LogP contribution in [0.1, 0.15) is 30.9 Å². The maximum Gasteiger partial charge on any atom is 0.264 e. The van der Waals surface area contributed by atoms with Gasteiger partial charge in [0.05, 0.1) is 10.6 Å². The summed E-state index contributed by atoms with van der Waals surface area (Å²) in [6.07, 6.45) is 5.32. The van der Waals surface area contributed by atoms with E-state index < -0.39 is 10.0 Å². The molecule has 3 rings (SSSR count). The van der Waals surface area contributed by atoms with Crippen molar-refractivity contribution in [2.45, 2.75) is 31.6 Å². The fourth-order valence-corrected chi connectivity index (χ4v) is 4.78. The topological polar surface area (TPSA) is 37.4 Å². The van der Waals surface area contributed by atoms with Gasteiger partial charge in [0.1, 0.15) is 0 Å². The Morgan fingerprint density at radius 1 is 1.04 bits per heavy atom. The predicted octanol–water partition coefficient (Wildman–Crippen LogP) is 5.32. The van der Waals surface area contributed by atoms with E-state index in [4.69, 9.17) is 0 Å². The summed E-state index contributed by atoms with van der Waals surface area (Å²) in [4.78, 5) is 0.319. The molecule has 0 saturated heterocycles. The van der Waals surface area contributed by atoms with Crippen LogP contribution in [0.4, 0.5) is 0 Å². The highest BCUT2D eigenvalue weighted by Gasteiger charge is 2.29. The fraction of sp³-hybridized carbons (Fsp3) is 0.217. The van der Waals surface area contributed by atoms with Crippen LogP contribution in [0, 0.1) is 6.92 Å². The van der Waals surface area contributed by atoms with Gasteiger partial charge in [-0.05, 0) is 56.0 Å². The second-order valence-corrected chi connectivity index (χ2v) is 8.68. The minimum atomic E-state index is -3.65. The van der Waals surface area contributed by atoms with E-state index in [0.717, 1.165) is 23.1 Å². The zero-order chi connectivity index (χ0) is 19.4. The van der Waals surface area contributed by atoms with Crippen molar-refractivity contribution >= 4 is 15.7 Å². The van der Waals surface area contributed by atoms with E-state index in [1.165, 1.54) is 5.57 Å². The van der Waals surface area contributed by atoms with E-state index >= 15 is 0 Å². The molecule has 0 atom stereocenters. The molecule has 0 aliphatic carbocycles. The predicted molar refractivity (Wildman–Crippen MR) is 112 cm³/mol. The Kier molecular flexibility index (Phi) is 5.66. The summed E-state index contributed by atoms with van der Waals surface area (Å²) >= 11 is 0. The molecule has 1 heterocycles. The summed E-state index contributed by atoms with van der Waals surface area (Å²) in [5, 5.41) is 0. The number of benzene rings is 2. The van der Waals surface area contributed by atoms with E-state index in [-0.39, 0.29) is 0 Å². The average Bonchev–Trinajstić information content (AvgIpc) is 2.83. The quantitative estimate of drug-likeness (QED) is 0.659. The highest BCUT2D eigenvalue weighted by Crippen LogP contribution is 2.33. The van der Waals surface area contributed by atoms with Crippen LogP contribution in [-0.2, 0) is 10.0 Å². The molecule has 1 aliphatic rings. The van der Waals surface area contributed by atoms with Crippen molar-refractivity contribution in [2.24, 2.45) is 0 Å². The third kappa shape index (κ3) is 4.06. The van der Waals surface area contributed by atoms with Crippen LogP contribution in [0.3, 0.4) is 0 Å². The van der Waals surface area contributed by atoms with Gasteiger partial charge in [-0.3, -0.25) is 4.31 Å². The second-order valence-electron chi connectivity index (χ2n) is 6.82. The standard InChI is InChI=1S/C23H25NO2S/c1-4-8-20-15-16-24(27(25,26)22-13-11-18(2)12-14-22)23(17-19(20)3)21-9-6-5-7-10-21/h4-7,9-14,17H,1,8,15-16H2,2-3H3. The van der Waals surface area contributed by atoms with Crippen LogP contribution in [0.15, 0.2) is 89.4 Å². The largest absolute Gasteiger partial charge is 0.265 e. The van der Waals surface area contributed by atoms with Crippen molar-refractivity contribution in [3.63, 3.8) is 0 Å². The molecule has 2 aromatic rings. The van der Waals surface area contributed by atoms with E-state index in [9.17, 15) is 8.42 Å². The van der Waals surface area contributed by atoms with Crippen LogP contribution in [0.25, 0.3) is 5.70 Å². The lowest BCUT2D eigenvalue weighted by Gasteiger charge is -2.26. The molecule has 0 spiro atoms. The lowest BCUT2D eigenvalue weighted by Crippen LogP contribution is -2.30. The molecule has 140 valence electrons. The number of hydrogen-bond acceptors (Lipinski definition) is 2. The minimum absolute atomic E-state index is 0.319. The van der Waals surface area contributed by atoms with Gasteiger partial charge in [0, 0.05) is 6.54 Å². The first-order valence-electron chi connectivity index (χ1n) is 9.09. The number of hydrogen-bond donors (Lipinski definition) is 0. The van der Waals surface area contributed by atoms with E-state index in [0.29, 0.717) is 23.6 Å². The molecular weight excluding hydrogens is 354 g/mol. The summed E-state index contributed by atoms with van der Waals surface area (Å²) in [6.45, 7) is 8.24. The summed E-state index contributed by atoms with van der Waals surface area (Å²) in [5.74, 6) is 0. The SMILES string of the molecule is C=CCC1=C(C)C=C(c2ccccc2)N(S(=O)(=O)c2ccc(C)cc2)CC1. The number of rotatable bonds is 5. The molecule has 0 amide bonds. The van der Waals surface area contributed by atoms with Crippen molar-refractivity contribution in [3.05, 3.63) is 95.6 Å². The smallest absolute Gasteiger partial charge is 0.264 e. The normalized spacial score (nSPS) is 15.3. The zero-order valence-corrected chi connectivity index (χ0v) is 16.7. The molecule has 0 unspecified atom stereocenters. The lowest BCUT2D eigenvalue weighted by molar-refractivity contribution is 0.511. The van der Waals surface area contributed by atoms with E-state index in [2.05, 4.69) is 6.58 Å². The van der Waals surface area contributed by atoms with Crippen LogP contribution in [0.5, 0.6) is 0 Å². The van der Waals surface area contributed by atoms with E-state index in [1.807, 2.05) is 68.5 Å². The monoisotopic (exact) mass is 379 g/mol. The molecule has 27 heavy (non-hydrogen) atoms. The maximum absolute atomic E-state index is 13.5. The number of sulfonamides is 1. The highest BCUT2D eigenvalue weighted by atomic mass is 32.2. The van der Waals surface area contributed by atoms with Crippen LogP contribution in [0.2, 0.25) is 0 Å². The average molecular weight is 380 g/mol. The molecule has 0 aromatic heterocycles. The van der Waals surface area contributed by atoms with Gasteiger partial charge in [-0.15, -0.1) is 6.58 Å². The van der Waals surface area contributed by atoms with Crippen molar-refractivity contribution in [3.8, 4) is 0 Å². The summed E-state index contributed by atoms with van der Waals surface area (Å²) in [5.41, 5.74) is 4.98. The van der Waals surface area contributed by atoms with Gasteiger partial charge in [0.15, 0.2) is 0 Å². The first-order chi connectivity index (χ1) is 12.9. The Labute approximate surface area is 162 Å². The number of allylic oxidation sites excluding steroid dienone is 3. The Balaban J connectivity index is 2.12. The molecule has 3 nitrogen and oxygen atoms in total. The molecule has 4 heteroatoms. The molecule has 0 fully saturated rings. The number of nitrogens with zero attached hydrogens (tertiary/aromatic N) is 1. The Bertz CT molecular complexity index is 984. The zero-order valence-electron chi connectivity index (χ0n) is 15.9. The van der Waals surface area contributed by atoms with Crippen LogP contribution in [-0.4, -0.2) is 19.3 Å². The fourth-order valence-electron chi connectivity index (χ4n) is 3.29. The van der Waals surface area contributed by atoms with E-state index in [1.54, 1.807) is 16.4 Å². The molecule has 1 aliphatic heterocycles. The van der Waals surface area contributed by atoms with Crippen LogP contribution >= 0.6 is 0 Å². The van der Waals surface area contributed by atoms with Gasteiger partial charge < -0.3 is 0 Å². The lowest BCUT2D eigenvalue weighted by atomic mass is 10.0. The molecule has 0 saturated carbocycles. The second kappa shape index (κ2) is 7.97. The summed E-state index contributed by atoms with van der Waals surface area (Å²) in [7, 11) is -3.65. The van der Waals surface area contributed by atoms with Crippen molar-refractivity contribution < 1.29 is 8.42 Å². The summed E-state index contributed by atoms with van der Waals surface area (Å²) < 4.78 is 28.5. The van der Waals surface area contributed by atoms with Gasteiger partial charge in [-0.1, -0.05) is 59.7 Å². The maximum atomic E-state index is 13.5. The third-order valence-corrected chi connectivity index (χ3v) is 6.69. The third-order valence-electron chi connectivity index (χ3n) is 4.87. The van der Waals surface area contributed by atoms with Gasteiger partial charge in [-0.2, -0.15) is 0 Å². The molecule has 0 radical (unpaired) electrons.